The zero-order valence-electron chi connectivity index (χ0n) is 13.5. The second-order valence-corrected chi connectivity index (χ2v) is 6.92. The maximum absolute atomic E-state index is 12.9. The number of hydrogen-bond donors (Lipinski definition) is 1. The Bertz CT molecular complexity index is 701. The monoisotopic (exact) mass is 310 g/mol. The fourth-order valence-electron chi connectivity index (χ4n) is 2.91. The maximum Gasteiger partial charge on any atom is 0.253 e. The van der Waals surface area contributed by atoms with Gasteiger partial charge in [0.15, 0.2) is 5.82 Å². The Balaban J connectivity index is 1.56. The molecule has 0 spiro atoms. The molecule has 0 atom stereocenters. The molecule has 0 unspecified atom stereocenters. The topological polar surface area (TPSA) is 61.9 Å². The van der Waals surface area contributed by atoms with E-state index in [1.807, 2.05) is 31.2 Å². The van der Waals surface area contributed by atoms with Gasteiger partial charge in [-0.05, 0) is 56.6 Å². The SMILES string of the molecule is Cc1nc(-c2cccc(C(=O)N(CC3CC3)CC3CC3)c2)n[nH]1. The summed E-state index contributed by atoms with van der Waals surface area (Å²) in [6.07, 6.45) is 5.08. The van der Waals surface area contributed by atoms with Crippen LogP contribution in [0.25, 0.3) is 11.4 Å². The Kier molecular flexibility index (Phi) is 3.63. The van der Waals surface area contributed by atoms with E-state index in [1.54, 1.807) is 0 Å². The van der Waals surface area contributed by atoms with Crippen LogP contribution in [0.15, 0.2) is 24.3 Å². The Morgan fingerprint density at radius 2 is 1.91 bits per heavy atom. The molecule has 2 aliphatic carbocycles. The van der Waals surface area contributed by atoms with Gasteiger partial charge in [0.2, 0.25) is 0 Å². The summed E-state index contributed by atoms with van der Waals surface area (Å²) in [6.45, 7) is 3.71. The normalized spacial score (nSPS) is 17.3. The van der Waals surface area contributed by atoms with Gasteiger partial charge in [0.05, 0.1) is 0 Å². The summed E-state index contributed by atoms with van der Waals surface area (Å²) in [5, 5.41) is 7.04. The van der Waals surface area contributed by atoms with Crippen LogP contribution in [0.5, 0.6) is 0 Å². The number of aromatic amines is 1. The van der Waals surface area contributed by atoms with Crippen LogP contribution in [-0.4, -0.2) is 39.1 Å². The van der Waals surface area contributed by atoms with E-state index >= 15 is 0 Å². The van der Waals surface area contributed by atoms with Crippen molar-refractivity contribution < 1.29 is 4.79 Å². The largest absolute Gasteiger partial charge is 0.338 e. The molecule has 0 aliphatic heterocycles. The fourth-order valence-corrected chi connectivity index (χ4v) is 2.91. The molecule has 23 heavy (non-hydrogen) atoms. The number of H-pyrrole nitrogens is 1. The second-order valence-electron chi connectivity index (χ2n) is 6.92. The minimum absolute atomic E-state index is 0.151. The summed E-state index contributed by atoms with van der Waals surface area (Å²) in [5.41, 5.74) is 1.63. The Morgan fingerprint density at radius 1 is 1.22 bits per heavy atom. The summed E-state index contributed by atoms with van der Waals surface area (Å²) >= 11 is 0. The number of amides is 1. The summed E-state index contributed by atoms with van der Waals surface area (Å²) in [7, 11) is 0. The van der Waals surface area contributed by atoms with Gasteiger partial charge in [0.25, 0.3) is 5.91 Å². The van der Waals surface area contributed by atoms with Crippen molar-refractivity contribution >= 4 is 5.91 Å². The van der Waals surface area contributed by atoms with Gasteiger partial charge >= 0.3 is 0 Å². The van der Waals surface area contributed by atoms with E-state index < -0.39 is 0 Å². The number of rotatable bonds is 6. The van der Waals surface area contributed by atoms with Crippen LogP contribution >= 0.6 is 0 Å². The molecule has 1 amide bonds. The third-order valence-corrected chi connectivity index (χ3v) is 4.60. The average molecular weight is 310 g/mol. The molecule has 1 aromatic heterocycles. The van der Waals surface area contributed by atoms with Crippen molar-refractivity contribution in [1.29, 1.82) is 0 Å². The second kappa shape index (κ2) is 5.80. The lowest BCUT2D eigenvalue weighted by Gasteiger charge is -2.23. The number of carbonyl (C=O) groups excluding carboxylic acids is 1. The first kappa shape index (κ1) is 14.4. The smallest absolute Gasteiger partial charge is 0.253 e. The molecule has 120 valence electrons. The Hall–Kier alpha value is -2.17. The lowest BCUT2D eigenvalue weighted by Crippen LogP contribution is -2.34. The maximum atomic E-state index is 12.9. The molecule has 1 N–H and O–H groups in total. The molecule has 5 heteroatoms. The van der Waals surface area contributed by atoms with E-state index in [-0.39, 0.29) is 5.91 Å². The van der Waals surface area contributed by atoms with Crippen LogP contribution in [0, 0.1) is 18.8 Å². The van der Waals surface area contributed by atoms with Gasteiger partial charge in [-0.3, -0.25) is 9.89 Å². The van der Waals surface area contributed by atoms with Crippen molar-refractivity contribution in [3.8, 4) is 11.4 Å². The van der Waals surface area contributed by atoms with Crippen molar-refractivity contribution in [2.24, 2.45) is 11.8 Å². The van der Waals surface area contributed by atoms with Gasteiger partial charge in [-0.15, -0.1) is 0 Å². The van der Waals surface area contributed by atoms with E-state index in [0.29, 0.717) is 5.82 Å². The number of benzene rings is 1. The molecule has 0 radical (unpaired) electrons. The highest BCUT2D eigenvalue weighted by Crippen LogP contribution is 2.34. The molecule has 1 heterocycles. The van der Waals surface area contributed by atoms with Crippen LogP contribution in [0.4, 0.5) is 0 Å². The molecule has 0 saturated heterocycles. The summed E-state index contributed by atoms with van der Waals surface area (Å²) in [6, 6.07) is 7.68. The minimum atomic E-state index is 0.151. The predicted molar refractivity (Wildman–Crippen MR) is 87.9 cm³/mol. The molecule has 1 aromatic carbocycles. The van der Waals surface area contributed by atoms with Crippen LogP contribution in [-0.2, 0) is 0 Å². The van der Waals surface area contributed by atoms with Crippen molar-refractivity contribution in [2.75, 3.05) is 13.1 Å². The quantitative estimate of drug-likeness (QED) is 0.892. The van der Waals surface area contributed by atoms with E-state index in [9.17, 15) is 4.79 Å². The van der Waals surface area contributed by atoms with Gasteiger partial charge in [0, 0.05) is 24.2 Å². The zero-order valence-corrected chi connectivity index (χ0v) is 13.5. The number of aryl methyl sites for hydroxylation is 1. The first-order valence-corrected chi connectivity index (χ1v) is 8.48. The molecular formula is C18H22N4O. The van der Waals surface area contributed by atoms with E-state index in [0.717, 1.165) is 41.9 Å². The number of aromatic nitrogens is 3. The van der Waals surface area contributed by atoms with E-state index in [1.165, 1.54) is 25.7 Å². The van der Waals surface area contributed by atoms with E-state index in [2.05, 4.69) is 20.1 Å². The van der Waals surface area contributed by atoms with Gasteiger partial charge < -0.3 is 4.90 Å². The lowest BCUT2D eigenvalue weighted by molar-refractivity contribution is 0.0739. The molecule has 2 saturated carbocycles. The first-order valence-electron chi connectivity index (χ1n) is 8.48. The molecule has 5 nitrogen and oxygen atoms in total. The van der Waals surface area contributed by atoms with Crippen molar-refractivity contribution in [2.45, 2.75) is 32.6 Å². The van der Waals surface area contributed by atoms with Gasteiger partial charge in [-0.1, -0.05) is 12.1 Å². The number of nitrogens with zero attached hydrogens (tertiary/aromatic N) is 3. The van der Waals surface area contributed by atoms with Crippen molar-refractivity contribution in [3.63, 3.8) is 0 Å². The van der Waals surface area contributed by atoms with Crippen LogP contribution in [0.3, 0.4) is 0 Å². The van der Waals surface area contributed by atoms with Gasteiger partial charge in [-0.2, -0.15) is 5.10 Å². The van der Waals surface area contributed by atoms with Crippen LogP contribution in [0.1, 0.15) is 41.9 Å². The predicted octanol–water partition coefficient (Wildman–Crippen LogP) is 3.04. The highest BCUT2D eigenvalue weighted by molar-refractivity contribution is 5.95. The number of hydrogen-bond acceptors (Lipinski definition) is 3. The molecular weight excluding hydrogens is 288 g/mol. The Morgan fingerprint density at radius 3 is 2.48 bits per heavy atom. The summed E-state index contributed by atoms with van der Waals surface area (Å²) in [5.74, 6) is 3.01. The van der Waals surface area contributed by atoms with E-state index in [4.69, 9.17) is 0 Å². The molecule has 2 fully saturated rings. The van der Waals surface area contributed by atoms with Crippen molar-refractivity contribution in [1.82, 2.24) is 20.1 Å². The van der Waals surface area contributed by atoms with Gasteiger partial charge in [-0.25, -0.2) is 4.98 Å². The lowest BCUT2D eigenvalue weighted by atomic mass is 10.1. The molecule has 0 bridgehead atoms. The molecule has 4 rings (SSSR count). The highest BCUT2D eigenvalue weighted by atomic mass is 16.2. The highest BCUT2D eigenvalue weighted by Gasteiger charge is 2.31. The van der Waals surface area contributed by atoms with Crippen LogP contribution in [0.2, 0.25) is 0 Å². The van der Waals surface area contributed by atoms with Crippen molar-refractivity contribution in [3.05, 3.63) is 35.7 Å². The minimum Gasteiger partial charge on any atom is -0.338 e. The number of nitrogens with one attached hydrogen (secondary N) is 1. The summed E-state index contributed by atoms with van der Waals surface area (Å²) < 4.78 is 0. The van der Waals surface area contributed by atoms with Crippen LogP contribution < -0.4 is 0 Å². The fraction of sp³-hybridized carbons (Fsp3) is 0.500. The number of carbonyl (C=O) groups is 1. The first-order chi connectivity index (χ1) is 11.2. The van der Waals surface area contributed by atoms with Gasteiger partial charge in [0.1, 0.15) is 5.82 Å². The zero-order chi connectivity index (χ0) is 15.8. The molecule has 2 aliphatic rings. The molecule has 2 aromatic rings. The Labute approximate surface area is 136 Å². The third-order valence-electron chi connectivity index (χ3n) is 4.60. The summed E-state index contributed by atoms with van der Waals surface area (Å²) in [4.78, 5) is 19.4. The average Bonchev–Trinajstić information content (AvgIpc) is 3.48. The third kappa shape index (κ3) is 3.44. The standard InChI is InChI=1S/C18H22N4O/c1-12-19-17(21-20-12)15-3-2-4-16(9-15)18(23)22(10-13-5-6-13)11-14-7-8-14/h2-4,9,13-14H,5-8,10-11H2,1H3,(H,19,20,21).